The molecule has 66 valence electrons. The number of rotatable bonds is 1. The van der Waals surface area contributed by atoms with Crippen molar-refractivity contribution in [1.29, 1.82) is 0 Å². The van der Waals surface area contributed by atoms with Crippen molar-refractivity contribution < 1.29 is 0 Å². The van der Waals surface area contributed by atoms with Gasteiger partial charge >= 0.3 is 0 Å². The predicted octanol–water partition coefficient (Wildman–Crippen LogP) is 2.54. The van der Waals surface area contributed by atoms with Crippen LogP contribution in [-0.4, -0.2) is 11.2 Å². The molecular formula is C10H10N2S. The molecule has 0 aliphatic rings. The van der Waals surface area contributed by atoms with Crippen LogP contribution in [0.1, 0.15) is 0 Å². The molecule has 13 heavy (non-hydrogen) atoms. The van der Waals surface area contributed by atoms with Crippen LogP contribution < -0.4 is 5.73 Å². The van der Waals surface area contributed by atoms with Crippen LogP contribution in [0, 0.1) is 0 Å². The Hall–Kier alpha value is -1.22. The highest BCUT2D eigenvalue weighted by atomic mass is 32.2. The smallest absolute Gasteiger partial charge is 0.0985 e. The summed E-state index contributed by atoms with van der Waals surface area (Å²) in [5.41, 5.74) is 7.64. The first kappa shape index (κ1) is 8.38. The highest BCUT2D eigenvalue weighted by molar-refractivity contribution is 7.98. The molecule has 0 aliphatic carbocycles. The molecule has 0 aliphatic heterocycles. The summed E-state index contributed by atoms with van der Waals surface area (Å²) >= 11 is 1.61. The van der Waals surface area contributed by atoms with E-state index in [1.807, 2.05) is 36.6 Å². The van der Waals surface area contributed by atoms with E-state index in [9.17, 15) is 0 Å². The maximum Gasteiger partial charge on any atom is 0.0985 e. The van der Waals surface area contributed by atoms with Gasteiger partial charge in [-0.05, 0) is 18.4 Å². The molecule has 2 nitrogen and oxygen atoms in total. The number of benzene rings is 1. The predicted molar refractivity (Wildman–Crippen MR) is 57.9 cm³/mol. The van der Waals surface area contributed by atoms with Gasteiger partial charge in [0.15, 0.2) is 0 Å². The topological polar surface area (TPSA) is 38.9 Å². The van der Waals surface area contributed by atoms with Gasteiger partial charge in [-0.2, -0.15) is 0 Å². The maximum atomic E-state index is 5.88. The zero-order valence-corrected chi connectivity index (χ0v) is 8.14. The van der Waals surface area contributed by atoms with Crippen LogP contribution in [-0.2, 0) is 0 Å². The Morgan fingerprint density at radius 2 is 2.08 bits per heavy atom. The minimum absolute atomic E-state index is 0.801. The monoisotopic (exact) mass is 190 g/mol. The minimum Gasteiger partial charge on any atom is -0.398 e. The second-order valence-electron chi connectivity index (χ2n) is 2.77. The summed E-state index contributed by atoms with van der Waals surface area (Å²) in [6.07, 6.45) is 2.00. The molecule has 0 atom stereocenters. The Morgan fingerprint density at radius 3 is 2.85 bits per heavy atom. The lowest BCUT2D eigenvalue weighted by Crippen LogP contribution is -1.90. The standard InChI is InChI=1S/C10H10N2S/c1-13-10-6-8(11)7-4-2-3-5-9(7)12-10/h2-6H,1H3,(H2,11,12). The highest BCUT2D eigenvalue weighted by Crippen LogP contribution is 2.23. The normalized spacial score (nSPS) is 10.5. The van der Waals surface area contributed by atoms with E-state index in [0.717, 1.165) is 21.6 Å². The Kier molecular flexibility index (Phi) is 2.10. The van der Waals surface area contributed by atoms with Gasteiger partial charge in [0.25, 0.3) is 0 Å². The van der Waals surface area contributed by atoms with Crippen molar-refractivity contribution in [1.82, 2.24) is 4.98 Å². The molecule has 0 saturated heterocycles. The van der Waals surface area contributed by atoms with Crippen LogP contribution >= 0.6 is 11.8 Å². The quantitative estimate of drug-likeness (QED) is 0.702. The molecule has 0 bridgehead atoms. The first-order valence-corrected chi connectivity index (χ1v) is 5.23. The fourth-order valence-electron chi connectivity index (χ4n) is 1.28. The van der Waals surface area contributed by atoms with Crippen LogP contribution in [0.4, 0.5) is 5.69 Å². The van der Waals surface area contributed by atoms with Gasteiger partial charge < -0.3 is 5.73 Å². The van der Waals surface area contributed by atoms with Gasteiger partial charge in [0.1, 0.15) is 0 Å². The molecular weight excluding hydrogens is 180 g/mol. The molecule has 2 aromatic rings. The average Bonchev–Trinajstić information content (AvgIpc) is 2.18. The van der Waals surface area contributed by atoms with Gasteiger partial charge in [-0.3, -0.25) is 0 Å². The van der Waals surface area contributed by atoms with E-state index in [2.05, 4.69) is 4.98 Å². The number of nitrogens with zero attached hydrogens (tertiary/aromatic N) is 1. The van der Waals surface area contributed by atoms with E-state index in [0.29, 0.717) is 0 Å². The third-order valence-corrected chi connectivity index (χ3v) is 2.56. The number of nitrogens with two attached hydrogens (primary N) is 1. The van der Waals surface area contributed by atoms with E-state index >= 15 is 0 Å². The summed E-state index contributed by atoms with van der Waals surface area (Å²) in [7, 11) is 0. The molecule has 1 aromatic carbocycles. The Bertz CT molecular complexity index is 440. The van der Waals surface area contributed by atoms with Crippen LogP contribution in [0.15, 0.2) is 35.4 Å². The number of thioether (sulfide) groups is 1. The molecule has 0 spiro atoms. The Labute approximate surface area is 81.2 Å². The third-order valence-electron chi connectivity index (χ3n) is 1.93. The highest BCUT2D eigenvalue weighted by Gasteiger charge is 2.00. The van der Waals surface area contributed by atoms with Crippen molar-refractivity contribution in [3.8, 4) is 0 Å². The fraction of sp³-hybridized carbons (Fsp3) is 0.100. The summed E-state index contributed by atoms with van der Waals surface area (Å²) in [4.78, 5) is 4.44. The molecule has 0 unspecified atom stereocenters. The SMILES string of the molecule is CSc1cc(N)c2ccccc2n1. The van der Waals surface area contributed by atoms with Gasteiger partial charge in [0, 0.05) is 11.1 Å². The van der Waals surface area contributed by atoms with E-state index in [-0.39, 0.29) is 0 Å². The summed E-state index contributed by atoms with van der Waals surface area (Å²) in [5, 5.41) is 2.00. The molecule has 0 fully saturated rings. The van der Waals surface area contributed by atoms with Crippen LogP contribution in [0.3, 0.4) is 0 Å². The molecule has 3 heteroatoms. The number of para-hydroxylation sites is 1. The number of pyridine rings is 1. The average molecular weight is 190 g/mol. The van der Waals surface area contributed by atoms with Crippen molar-refractivity contribution >= 4 is 28.4 Å². The Morgan fingerprint density at radius 1 is 1.31 bits per heavy atom. The number of anilines is 1. The number of hydrogen-bond donors (Lipinski definition) is 1. The molecule has 2 N–H and O–H groups in total. The second kappa shape index (κ2) is 3.26. The van der Waals surface area contributed by atoms with Crippen molar-refractivity contribution in [3.05, 3.63) is 30.3 Å². The summed E-state index contributed by atoms with van der Waals surface area (Å²) in [5.74, 6) is 0. The molecule has 0 radical (unpaired) electrons. The van der Waals surface area contributed by atoms with Crippen molar-refractivity contribution in [3.63, 3.8) is 0 Å². The molecule has 0 saturated carbocycles. The lowest BCUT2D eigenvalue weighted by atomic mass is 10.2. The van der Waals surface area contributed by atoms with E-state index < -0.39 is 0 Å². The van der Waals surface area contributed by atoms with Crippen LogP contribution in [0.25, 0.3) is 10.9 Å². The van der Waals surface area contributed by atoms with E-state index in [4.69, 9.17) is 5.73 Å². The van der Waals surface area contributed by atoms with Gasteiger partial charge in [-0.1, -0.05) is 18.2 Å². The van der Waals surface area contributed by atoms with Crippen molar-refractivity contribution in [2.75, 3.05) is 12.0 Å². The number of aromatic nitrogens is 1. The van der Waals surface area contributed by atoms with Gasteiger partial charge in [-0.25, -0.2) is 4.98 Å². The molecule has 1 heterocycles. The first-order chi connectivity index (χ1) is 6.31. The minimum atomic E-state index is 0.801. The summed E-state index contributed by atoms with van der Waals surface area (Å²) in [6.45, 7) is 0. The number of nitrogen functional groups attached to an aromatic ring is 1. The van der Waals surface area contributed by atoms with Crippen molar-refractivity contribution in [2.24, 2.45) is 0 Å². The van der Waals surface area contributed by atoms with Crippen molar-refractivity contribution in [2.45, 2.75) is 5.03 Å². The van der Waals surface area contributed by atoms with Gasteiger partial charge in [-0.15, -0.1) is 11.8 Å². The lowest BCUT2D eigenvalue weighted by Gasteiger charge is -2.03. The third kappa shape index (κ3) is 1.47. The van der Waals surface area contributed by atoms with Gasteiger partial charge in [0.2, 0.25) is 0 Å². The zero-order chi connectivity index (χ0) is 9.26. The van der Waals surface area contributed by atoms with E-state index in [1.54, 1.807) is 11.8 Å². The lowest BCUT2D eigenvalue weighted by molar-refractivity contribution is 1.20. The molecule has 0 amide bonds. The van der Waals surface area contributed by atoms with E-state index in [1.165, 1.54) is 0 Å². The van der Waals surface area contributed by atoms with Gasteiger partial charge in [0.05, 0.1) is 10.5 Å². The molecule has 1 aromatic heterocycles. The summed E-state index contributed by atoms with van der Waals surface area (Å²) < 4.78 is 0. The summed E-state index contributed by atoms with van der Waals surface area (Å²) in [6, 6.07) is 9.82. The maximum absolute atomic E-state index is 5.88. The number of fused-ring (bicyclic) bond motifs is 1. The zero-order valence-electron chi connectivity index (χ0n) is 7.32. The fourth-order valence-corrected chi connectivity index (χ4v) is 1.72. The van der Waals surface area contributed by atoms with Crippen LogP contribution in [0.2, 0.25) is 0 Å². The molecule has 2 rings (SSSR count). The largest absolute Gasteiger partial charge is 0.398 e. The Balaban J connectivity index is 2.77. The number of hydrogen-bond acceptors (Lipinski definition) is 3. The second-order valence-corrected chi connectivity index (χ2v) is 3.60. The first-order valence-electron chi connectivity index (χ1n) is 4.00. The van der Waals surface area contributed by atoms with Crippen LogP contribution in [0.5, 0.6) is 0 Å².